The number of methoxy groups -OCH3 is 9. The molecule has 0 amide bonds. The van der Waals surface area contributed by atoms with E-state index < -0.39 is 0 Å². The van der Waals surface area contributed by atoms with E-state index >= 15 is 0 Å². The molecule has 14 heterocycles. The van der Waals surface area contributed by atoms with Crippen molar-refractivity contribution in [2.45, 2.75) is 110 Å². The van der Waals surface area contributed by atoms with Crippen LogP contribution in [0.25, 0.3) is 47.7 Å². The van der Waals surface area contributed by atoms with Crippen LogP contribution in [0.3, 0.4) is 0 Å². The molecule has 2 atom stereocenters. The van der Waals surface area contributed by atoms with E-state index in [-0.39, 0.29) is 38.1 Å². The van der Waals surface area contributed by atoms with Gasteiger partial charge in [-0.2, -0.15) is 15.0 Å². The number of rotatable bonds is 26. The van der Waals surface area contributed by atoms with Gasteiger partial charge < -0.3 is 98.0 Å². The summed E-state index contributed by atoms with van der Waals surface area (Å²) >= 11 is 23.1. The summed E-state index contributed by atoms with van der Waals surface area (Å²) < 4.78 is 58.0. The average Bonchev–Trinajstić information content (AvgIpc) is 1.64. The molecular weight excluding hydrogens is 1690 g/mol. The minimum Gasteiger partial charge on any atom is -0.493 e. The lowest BCUT2D eigenvalue weighted by atomic mass is 10.2. The minimum absolute atomic E-state index is 0. The number of alkyl halides is 1. The monoisotopic (exact) mass is 1800 g/mol. The molecule has 5 aliphatic heterocycles. The number of aliphatic hydroxyl groups is 2. The van der Waals surface area contributed by atoms with Crippen molar-refractivity contribution in [2.75, 3.05) is 157 Å². The number of anilines is 7. The highest BCUT2D eigenvalue weighted by molar-refractivity contribution is 7.19. The molecule has 0 saturated carbocycles. The van der Waals surface area contributed by atoms with Gasteiger partial charge in [-0.25, -0.2) is 29.9 Å². The first kappa shape index (κ1) is 93.8. The third-order valence-electron chi connectivity index (χ3n) is 20.1. The molecule has 7 N–H and O–H groups in total. The number of nitrogens with zero attached hydrogens (tertiary/aromatic N) is 16. The number of imidazole rings is 3. The fourth-order valence-electron chi connectivity index (χ4n) is 14.2. The molecular formula is C82H109Cl3N21O11PS3. The standard InChI is InChI=1S/C28H35N7O4S.C23H25ClN6O3S.C19H17Cl2N5O3S.C5H11NO.C4H9N.CH4NP.2CH4/c1-37-22-11-19(12-23(38-2)25(22)39-3)34-15-24(29-17-34)30-26-21-13-20(14-33-8-4-5-9-33)40-27(21)32-28(31-26)35-10-6-7-18(35)16-36;1-31-17-8-14(9-18(32-2)20(17)33-3)30-12-19(25-13-30)26-21-16-10-15(11-29-6-4-5-7-29)34-22(16)28-23(24)27-21;1-27-13-4-10(5-14(28-2)16(13)29-3)26-8-15(22-9-26)23-17-12-6-11(7-20)30-18(12)25-19(21)24-17;7-4-5-2-1-3-6-5;1-2-4-5-3-1;1-2-3;;/h11-13,15,17-18,36H,4-10,14,16H2,1-3H3,(H,30,31,32);8-10,12-13H,4-7,11H2,1-3H3,(H,26,27,28);4-6,8-9H,7H2,1-3H3,(H,23,24,25);5-7H,1-4H2;5H,1-4H2;3H,1H3;2*1H4/t18-;;;5-;;;;/m0..0..../s1. The normalized spacial score (nSPS) is 15.4. The Morgan fingerprint density at radius 1 is 0.463 bits per heavy atom. The number of ether oxygens (including phenoxy) is 9. The molecule has 17 rings (SSSR count). The highest BCUT2D eigenvalue weighted by atomic mass is 35.5. The van der Waals surface area contributed by atoms with Gasteiger partial charge >= 0.3 is 0 Å². The maximum absolute atomic E-state index is 9.94. The first-order valence-electron chi connectivity index (χ1n) is 38.8. The van der Waals surface area contributed by atoms with Gasteiger partial charge in [0.15, 0.2) is 34.5 Å². The summed E-state index contributed by atoms with van der Waals surface area (Å²) in [4.78, 5) is 54.0. The van der Waals surface area contributed by atoms with Crippen LogP contribution >= 0.6 is 77.8 Å². The predicted molar refractivity (Wildman–Crippen MR) is 488 cm³/mol. The van der Waals surface area contributed by atoms with Crippen LogP contribution in [0.4, 0.5) is 40.9 Å². The van der Waals surface area contributed by atoms with Crippen molar-refractivity contribution in [3.63, 3.8) is 0 Å². The van der Waals surface area contributed by atoms with Crippen LogP contribution in [0.5, 0.6) is 51.7 Å². The molecule has 5 fully saturated rings. The number of hydrogen-bond acceptors (Lipinski definition) is 32. The Morgan fingerprint density at radius 3 is 1.16 bits per heavy atom. The molecule has 12 aromatic rings. The molecule has 0 aliphatic carbocycles. The molecule has 121 heavy (non-hydrogen) atoms. The Kier molecular flexibility index (Phi) is 35.8. The number of thiophene rings is 3. The third-order valence-corrected chi connectivity index (χ3v) is 23.9. The zero-order chi connectivity index (χ0) is 83.9. The Balaban J connectivity index is 0.000000174. The molecule has 0 spiro atoms. The number of hydrogen-bond donors (Lipinski definition) is 7. The highest BCUT2D eigenvalue weighted by Gasteiger charge is 2.29. The Labute approximate surface area is 734 Å². The van der Waals surface area contributed by atoms with E-state index in [2.05, 4.69) is 102 Å². The summed E-state index contributed by atoms with van der Waals surface area (Å²) in [5, 5.41) is 37.9. The zero-order valence-electron chi connectivity index (χ0n) is 68.2. The lowest BCUT2D eigenvalue weighted by Crippen LogP contribution is -2.33. The van der Waals surface area contributed by atoms with Gasteiger partial charge in [0.2, 0.25) is 33.8 Å². The second-order valence-electron chi connectivity index (χ2n) is 27.8. The largest absolute Gasteiger partial charge is 0.493 e. The molecule has 5 aliphatic rings. The second-order valence-corrected chi connectivity index (χ2v) is 32.5. The summed E-state index contributed by atoms with van der Waals surface area (Å²) in [5.74, 6) is 9.74. The van der Waals surface area contributed by atoms with Gasteiger partial charge in [0.25, 0.3) is 0 Å². The first-order chi connectivity index (χ1) is 58.1. The van der Waals surface area contributed by atoms with Gasteiger partial charge in [0.05, 0.1) is 141 Å². The van der Waals surface area contributed by atoms with Crippen molar-refractivity contribution in [1.29, 1.82) is 0 Å². The van der Waals surface area contributed by atoms with Gasteiger partial charge in [0, 0.05) is 83.8 Å². The lowest BCUT2D eigenvalue weighted by molar-refractivity contribution is 0.255. The summed E-state index contributed by atoms with van der Waals surface area (Å²) in [6.07, 6.45) is 22.8. The first-order valence-corrected chi connectivity index (χ1v) is 43.0. The van der Waals surface area contributed by atoms with Crippen molar-refractivity contribution < 1.29 is 52.8 Å². The van der Waals surface area contributed by atoms with Gasteiger partial charge in [-0.05, 0) is 160 Å². The smallest absolute Gasteiger partial charge is 0.229 e. The van der Waals surface area contributed by atoms with Crippen LogP contribution < -0.4 is 74.1 Å². The SMILES string of the molecule is C.C.C1CCNC1.CN=P.COc1cc(-n2cnc(Nc3nc(Cl)nc4sc(CCl)cc34)c2)cc(OC)c1OC.COc1cc(-n2cnc(Nc3nc(Cl)nc4sc(CN5CCCC5)cc34)c2)cc(OC)c1OC.COc1cc(-n2cnc(Nc3nc(N4CCC[C@H]4CO)nc4sc(CN5CCCC5)cc34)c2)cc(OC)c1OC.OC[C@@H]1CCCN1. The van der Waals surface area contributed by atoms with E-state index in [1.807, 2.05) is 74.8 Å². The van der Waals surface area contributed by atoms with Crippen molar-refractivity contribution in [3.8, 4) is 68.8 Å². The van der Waals surface area contributed by atoms with Crippen molar-refractivity contribution >= 4 is 149 Å². The third kappa shape index (κ3) is 23.9. The van der Waals surface area contributed by atoms with Gasteiger partial charge in [-0.15, -0.1) is 45.6 Å². The van der Waals surface area contributed by atoms with Crippen LogP contribution in [0.15, 0.2) is 96.9 Å². The molecule has 9 aromatic heterocycles. The summed E-state index contributed by atoms with van der Waals surface area (Å²) in [5.41, 5.74) is 2.41. The molecule has 39 heteroatoms. The van der Waals surface area contributed by atoms with Crippen molar-refractivity contribution in [2.24, 2.45) is 4.74 Å². The Morgan fingerprint density at radius 2 is 0.835 bits per heavy atom. The second kappa shape index (κ2) is 46.1. The van der Waals surface area contributed by atoms with E-state index in [0.717, 1.165) is 124 Å². The topological polar surface area (TPSA) is 337 Å². The predicted octanol–water partition coefficient (Wildman–Crippen LogP) is 16.5. The fourth-order valence-corrected chi connectivity index (χ4v) is 17.9. The molecule has 0 unspecified atom stereocenters. The molecule has 3 aromatic carbocycles. The van der Waals surface area contributed by atoms with E-state index in [1.165, 1.54) is 79.1 Å². The molecule has 652 valence electrons. The summed E-state index contributed by atoms with van der Waals surface area (Å²) in [6, 6.07) is 17.9. The number of halogens is 3. The number of nitrogens with one attached hydrogen (secondary N) is 5. The molecule has 32 nitrogen and oxygen atoms in total. The van der Waals surface area contributed by atoms with Crippen LogP contribution in [-0.4, -0.2) is 227 Å². The van der Waals surface area contributed by atoms with Gasteiger partial charge in [-0.1, -0.05) is 14.9 Å². The van der Waals surface area contributed by atoms with Gasteiger partial charge in [-0.3, -0.25) is 14.5 Å². The van der Waals surface area contributed by atoms with Crippen molar-refractivity contribution in [1.82, 2.24) is 79.0 Å². The summed E-state index contributed by atoms with van der Waals surface area (Å²) in [7, 11) is 18.7. The molecule has 0 bridgehead atoms. The van der Waals surface area contributed by atoms with Gasteiger partial charge in [0.1, 0.15) is 68.4 Å². The van der Waals surface area contributed by atoms with Crippen LogP contribution in [0.2, 0.25) is 10.6 Å². The molecule has 5 saturated heterocycles. The van der Waals surface area contributed by atoms with Crippen molar-refractivity contribution in [3.05, 3.63) is 117 Å². The van der Waals surface area contributed by atoms with E-state index in [4.69, 9.17) is 92.5 Å². The van der Waals surface area contributed by atoms with Crippen LogP contribution in [0.1, 0.15) is 93.7 Å². The van der Waals surface area contributed by atoms with E-state index in [0.29, 0.717) is 111 Å². The molecule has 0 radical (unpaired) electrons. The highest BCUT2D eigenvalue weighted by Crippen LogP contribution is 2.44. The Bertz CT molecular complexity index is 5220. The number of fused-ring (bicyclic) bond motifs is 3. The maximum Gasteiger partial charge on any atom is 0.229 e. The zero-order valence-corrected chi connectivity index (χ0v) is 73.9. The number of likely N-dealkylation sites (tertiary alicyclic amines) is 2. The lowest BCUT2D eigenvalue weighted by Gasteiger charge is -2.23. The quantitative estimate of drug-likeness (QED) is 0.0150. The number of aromatic nitrogens is 12. The summed E-state index contributed by atoms with van der Waals surface area (Å²) in [6.45, 7) is 11.2. The van der Waals surface area contributed by atoms with E-state index in [1.54, 1.807) is 113 Å². The average molecular weight is 1800 g/mol. The minimum atomic E-state index is 0. The van der Waals surface area contributed by atoms with Crippen LogP contribution in [0, 0.1) is 0 Å². The maximum atomic E-state index is 9.94. The van der Waals surface area contributed by atoms with E-state index in [9.17, 15) is 5.11 Å². The number of benzene rings is 3. The van der Waals surface area contributed by atoms with Crippen LogP contribution in [-0.2, 0) is 19.0 Å². The Hall–Kier alpha value is -9.46. The fraction of sp³-hybridized carbons (Fsp3) is 0.451. The number of aliphatic hydroxyl groups excluding tert-OH is 2.